The molecule has 0 saturated carbocycles. The molecule has 0 spiro atoms. The molecule has 3 aliphatic rings. The van der Waals surface area contributed by atoms with Gasteiger partial charge < -0.3 is 0 Å². The van der Waals surface area contributed by atoms with Gasteiger partial charge in [-0.05, 0) is 250 Å². The molecule has 0 atom stereocenters. The van der Waals surface area contributed by atoms with Gasteiger partial charge in [0.05, 0.1) is 0 Å². The Hall–Kier alpha value is -12.5. The summed E-state index contributed by atoms with van der Waals surface area (Å²) >= 11 is 1.89. The predicted octanol–water partition coefficient (Wildman–Crippen LogP) is 31.4. The third kappa shape index (κ3) is 13.7. The van der Waals surface area contributed by atoms with Gasteiger partial charge >= 0.3 is 0 Å². The van der Waals surface area contributed by atoms with Gasteiger partial charge in [-0.15, -0.1) is 11.3 Å². The predicted molar refractivity (Wildman–Crippen MR) is 487 cm³/mol. The molecule has 0 bridgehead atoms. The molecule has 0 nitrogen and oxygen atoms in total. The van der Waals surface area contributed by atoms with E-state index < -0.39 is 0 Å². The van der Waals surface area contributed by atoms with E-state index in [-0.39, 0.29) is 16.2 Å². The molecule has 20 rings (SSSR count). The first-order valence-electron chi connectivity index (χ1n) is 39.9. The van der Waals surface area contributed by atoms with Crippen LogP contribution >= 0.6 is 11.3 Å². The van der Waals surface area contributed by atoms with Crippen LogP contribution < -0.4 is 0 Å². The lowest BCUT2D eigenvalue weighted by Gasteiger charge is -2.22. The molecule has 3 aliphatic carbocycles. The van der Waals surface area contributed by atoms with E-state index in [9.17, 15) is 0 Å². The van der Waals surface area contributed by atoms with Crippen molar-refractivity contribution < 1.29 is 0 Å². The second kappa shape index (κ2) is 29.0. The summed E-state index contributed by atoms with van der Waals surface area (Å²) in [5, 5.41) is 2.70. The molecule has 1 heteroatoms. The van der Waals surface area contributed by atoms with E-state index in [1.165, 1.54) is 215 Å². The number of benzene rings is 16. The van der Waals surface area contributed by atoms with Crippen LogP contribution in [0, 0.1) is 34.6 Å². The van der Waals surface area contributed by atoms with Crippen molar-refractivity contribution in [3.05, 3.63) is 418 Å². The number of fused-ring (bicyclic) bond motifs is 12. The van der Waals surface area contributed by atoms with Crippen LogP contribution in [0.15, 0.2) is 346 Å². The zero-order valence-corrected chi connectivity index (χ0v) is 67.3. The van der Waals surface area contributed by atoms with E-state index in [2.05, 4.69) is 434 Å². The van der Waals surface area contributed by atoms with Crippen LogP contribution in [0.4, 0.5) is 0 Å². The molecule has 0 N–H and O–H groups in total. The molecule has 0 amide bonds. The van der Waals surface area contributed by atoms with Gasteiger partial charge in [-0.2, -0.15) is 0 Å². The van der Waals surface area contributed by atoms with E-state index in [4.69, 9.17) is 0 Å². The molecule has 17 aromatic rings. The first-order chi connectivity index (χ1) is 54.7. The van der Waals surface area contributed by atoms with Crippen molar-refractivity contribution >= 4 is 43.7 Å². The highest BCUT2D eigenvalue weighted by Gasteiger charge is 2.39. The summed E-state index contributed by atoms with van der Waals surface area (Å²) < 4.78 is 2.70. The summed E-state index contributed by atoms with van der Waals surface area (Å²) in [6.07, 6.45) is 4.36. The first kappa shape index (κ1) is 72.0. The van der Waals surface area contributed by atoms with Crippen LogP contribution in [0.3, 0.4) is 0 Å². The average Bonchev–Trinajstić information content (AvgIpc) is 1.55. The Labute approximate surface area is 671 Å². The minimum absolute atomic E-state index is 0.00786. The van der Waals surface area contributed by atoms with Gasteiger partial charge in [0.2, 0.25) is 0 Å². The Morgan fingerprint density at radius 1 is 0.186 bits per heavy atom. The Morgan fingerprint density at radius 3 is 0.673 bits per heavy atom. The molecule has 0 unspecified atom stereocenters. The number of aryl methyl sites for hydroxylation is 5. The molecule has 1 heterocycles. The third-order valence-corrected chi connectivity index (χ3v) is 25.6. The quantitative estimate of drug-likeness (QED) is 0.120. The summed E-state index contributed by atoms with van der Waals surface area (Å²) in [6.45, 7) is 24.9. The molecule has 0 saturated heterocycles. The molecule has 0 fully saturated rings. The number of hydrogen-bond acceptors (Lipinski definition) is 1. The van der Waals surface area contributed by atoms with Crippen LogP contribution in [-0.4, -0.2) is 0 Å². The molecule has 0 radical (unpaired) electrons. The van der Waals surface area contributed by atoms with Crippen molar-refractivity contribution in [1.29, 1.82) is 0 Å². The van der Waals surface area contributed by atoms with Crippen LogP contribution in [-0.2, 0) is 16.2 Å². The van der Waals surface area contributed by atoms with Gasteiger partial charge in [0.1, 0.15) is 0 Å². The van der Waals surface area contributed by atoms with Gasteiger partial charge in [0.25, 0.3) is 0 Å². The van der Waals surface area contributed by atoms with Gasteiger partial charge in [-0.1, -0.05) is 379 Å². The van der Waals surface area contributed by atoms with E-state index >= 15 is 0 Å². The summed E-state index contributed by atoms with van der Waals surface area (Å²) in [5.41, 5.74) is 45.7. The summed E-state index contributed by atoms with van der Waals surface area (Å²) in [6, 6.07) is 128. The largest absolute Gasteiger partial charge is 0.135 e. The second-order valence-corrected chi connectivity index (χ2v) is 34.3. The lowest BCUT2D eigenvalue weighted by Crippen LogP contribution is -2.15. The molecule has 546 valence electrons. The SMILES string of the molecule is Cc1ccc(-c2ccc(-c3ccc4c(c3)C(C)(C)c3cc(-c5ccc6c(c5)sc5ccccc56)ccc3-4)cc2)cc1.Cc1ccc(-c2ccc3c(c2)C(C)(C)c2cc(-c4ccc(C)cc4)ccc2-3)cc1.Cc1ccc(/C=C/c2ccc(-c3ccc4c(c3)C(C)(C)c3cc(-c5ccc(-c6ccc(C)cc6)cc5)ccc3-4)cc2)cc1. The fourth-order valence-corrected chi connectivity index (χ4v) is 18.7. The second-order valence-electron chi connectivity index (χ2n) is 33.2. The maximum Gasteiger partial charge on any atom is 0.0361 e. The molecule has 113 heavy (non-hydrogen) atoms. The summed E-state index contributed by atoms with van der Waals surface area (Å²) in [5.74, 6) is 0. The minimum Gasteiger partial charge on any atom is -0.135 e. The van der Waals surface area contributed by atoms with Gasteiger partial charge in [-0.25, -0.2) is 0 Å². The Morgan fingerprint density at radius 2 is 0.381 bits per heavy atom. The van der Waals surface area contributed by atoms with Crippen molar-refractivity contribution in [2.75, 3.05) is 0 Å². The maximum absolute atomic E-state index is 2.43. The highest BCUT2D eigenvalue weighted by atomic mass is 32.1. The van der Waals surface area contributed by atoms with Crippen LogP contribution in [0.2, 0.25) is 0 Å². The highest BCUT2D eigenvalue weighted by molar-refractivity contribution is 7.25. The molecule has 1 aromatic heterocycles. The van der Waals surface area contributed by atoms with Crippen LogP contribution in [0.25, 0.3) is 155 Å². The smallest absolute Gasteiger partial charge is 0.0361 e. The fourth-order valence-electron chi connectivity index (χ4n) is 17.5. The lowest BCUT2D eigenvalue weighted by molar-refractivity contribution is 0.660. The molecule has 0 aliphatic heterocycles. The van der Waals surface area contributed by atoms with Crippen molar-refractivity contribution in [3.8, 4) is 122 Å². The number of rotatable bonds is 10. The lowest BCUT2D eigenvalue weighted by atomic mass is 9.81. The Kier molecular flexibility index (Phi) is 18.5. The van der Waals surface area contributed by atoms with Crippen molar-refractivity contribution in [2.45, 2.75) is 92.4 Å². The highest BCUT2D eigenvalue weighted by Crippen LogP contribution is 2.54. The molecule has 16 aromatic carbocycles. The topological polar surface area (TPSA) is 0 Å². The van der Waals surface area contributed by atoms with Crippen LogP contribution in [0.1, 0.15) is 114 Å². The van der Waals surface area contributed by atoms with E-state index in [0.717, 1.165) is 0 Å². The van der Waals surface area contributed by atoms with Crippen molar-refractivity contribution in [2.24, 2.45) is 0 Å². The first-order valence-corrected chi connectivity index (χ1v) is 40.7. The van der Waals surface area contributed by atoms with Gasteiger partial charge in [-0.3, -0.25) is 0 Å². The Bertz CT molecular complexity index is 6410. The Balaban J connectivity index is 0.000000120. The molecular weight excluding hydrogens is 1380 g/mol. The fraction of sp³-hybridized carbons (Fsp3) is 0.125. The van der Waals surface area contributed by atoms with Gasteiger partial charge in [0.15, 0.2) is 0 Å². The average molecular weight is 1470 g/mol. The van der Waals surface area contributed by atoms with Crippen molar-refractivity contribution in [1.82, 2.24) is 0 Å². The van der Waals surface area contributed by atoms with Gasteiger partial charge in [0, 0.05) is 36.4 Å². The zero-order valence-electron chi connectivity index (χ0n) is 66.5. The van der Waals surface area contributed by atoms with Crippen molar-refractivity contribution in [3.63, 3.8) is 0 Å². The zero-order chi connectivity index (χ0) is 77.4. The summed E-state index contributed by atoms with van der Waals surface area (Å²) in [7, 11) is 0. The number of hydrogen-bond donors (Lipinski definition) is 0. The van der Waals surface area contributed by atoms with Crippen LogP contribution in [0.5, 0.6) is 0 Å². The monoisotopic (exact) mass is 1470 g/mol. The number of thiophene rings is 1. The summed E-state index contributed by atoms with van der Waals surface area (Å²) in [4.78, 5) is 0. The standard InChI is InChI=1S/C43H36.C40H30S.C29H26/c1-29-5-9-31(10-6-29)11-12-32-13-17-35(18-14-32)37-23-25-39-40-26-24-38(28-42(40)43(3,4)41(39)27-37)36-21-19-34(20-22-36)33-15-7-30(2)8-16-33;1-25-8-10-26(11-9-25)27-12-14-28(15-13-27)29-16-19-32-33-20-17-30(23-37(33)40(2,3)36(32)22-29)31-18-21-35-34-6-4-5-7-38(34)41-39(35)24-31;1-19-5-9-21(10-6-19)23-13-15-25-26-16-14-24(22-11-7-20(2)8-12-22)18-28(26)29(3,4)27(25)17-23/h5-28H,1-4H3;4-24H,1-3H3;5-18H,1-4H3/b12-11+;;. The molecular formula is C112H92S. The normalized spacial score (nSPS) is 13.4. The third-order valence-electron chi connectivity index (χ3n) is 24.5. The van der Waals surface area contributed by atoms with E-state index in [0.29, 0.717) is 0 Å². The minimum atomic E-state index is -0.0742. The van der Waals surface area contributed by atoms with E-state index in [1.54, 1.807) is 0 Å². The maximum atomic E-state index is 2.43. The van der Waals surface area contributed by atoms with E-state index in [1.807, 2.05) is 11.3 Å².